The number of nitrogens with one attached hydrogen (secondary N) is 1. The van der Waals surface area contributed by atoms with E-state index in [2.05, 4.69) is 4.72 Å². The Hall–Kier alpha value is -2.21. The number of benzene rings is 2. The van der Waals surface area contributed by atoms with Crippen molar-refractivity contribution in [1.29, 1.82) is 0 Å². The largest absolute Gasteiger partial charge is 0.497 e. The predicted octanol–water partition coefficient (Wildman–Crippen LogP) is 2.52. The molecule has 0 saturated carbocycles. The first-order chi connectivity index (χ1) is 10.1. The molecule has 1 N–H and O–H groups in total. The number of para-hydroxylation sites is 1. The fourth-order valence-corrected chi connectivity index (χ4v) is 2.59. The zero-order valence-electron chi connectivity index (χ0n) is 11.7. The third kappa shape index (κ3) is 5.00. The van der Waals surface area contributed by atoms with Crippen molar-refractivity contribution < 1.29 is 17.9 Å². The molecule has 0 radical (unpaired) electrons. The average molecular weight is 307 g/mol. The van der Waals surface area contributed by atoms with Crippen LogP contribution in [0.25, 0.3) is 0 Å². The maximum Gasteiger partial charge on any atom is 0.236 e. The number of methoxy groups -OCH3 is 1. The second kappa shape index (κ2) is 6.99. The minimum Gasteiger partial charge on any atom is -0.497 e. The Bertz CT molecular complexity index is 671. The maximum absolute atomic E-state index is 12.0. The molecule has 0 aliphatic heterocycles. The van der Waals surface area contributed by atoms with Crippen molar-refractivity contribution in [1.82, 2.24) is 0 Å². The molecule has 0 fully saturated rings. The van der Waals surface area contributed by atoms with Gasteiger partial charge < -0.3 is 9.47 Å². The Morgan fingerprint density at radius 1 is 1.00 bits per heavy atom. The Kier molecular flexibility index (Phi) is 5.05. The second-order valence-electron chi connectivity index (χ2n) is 4.31. The smallest absolute Gasteiger partial charge is 0.236 e. The van der Waals surface area contributed by atoms with Gasteiger partial charge in [0.05, 0.1) is 12.8 Å². The first-order valence-electron chi connectivity index (χ1n) is 6.41. The van der Waals surface area contributed by atoms with Gasteiger partial charge in [0.25, 0.3) is 0 Å². The number of hydrogen-bond donors (Lipinski definition) is 1. The molecule has 112 valence electrons. The van der Waals surface area contributed by atoms with Crippen LogP contribution in [0.1, 0.15) is 0 Å². The molecule has 0 bridgehead atoms. The van der Waals surface area contributed by atoms with Crippen molar-refractivity contribution >= 4 is 15.7 Å². The van der Waals surface area contributed by atoms with Crippen LogP contribution in [-0.2, 0) is 10.0 Å². The van der Waals surface area contributed by atoms with Gasteiger partial charge in [-0.05, 0) is 24.3 Å². The second-order valence-corrected chi connectivity index (χ2v) is 6.16. The summed E-state index contributed by atoms with van der Waals surface area (Å²) in [5.74, 6) is 1.11. The quantitative estimate of drug-likeness (QED) is 0.853. The molecule has 2 aromatic rings. The highest BCUT2D eigenvalue weighted by atomic mass is 32.2. The summed E-state index contributed by atoms with van der Waals surface area (Å²) in [5.41, 5.74) is 0.467. The lowest BCUT2D eigenvalue weighted by Crippen LogP contribution is -2.21. The number of anilines is 1. The average Bonchev–Trinajstić information content (AvgIpc) is 2.48. The highest BCUT2D eigenvalue weighted by Gasteiger charge is 2.11. The number of sulfonamides is 1. The van der Waals surface area contributed by atoms with Crippen molar-refractivity contribution in [3.05, 3.63) is 54.6 Å². The number of rotatable bonds is 7. The van der Waals surface area contributed by atoms with Crippen LogP contribution in [0.3, 0.4) is 0 Å². The van der Waals surface area contributed by atoms with E-state index in [1.54, 1.807) is 36.4 Å². The molecule has 0 aromatic heterocycles. The molecule has 0 atom stereocenters. The third-order valence-corrected chi connectivity index (χ3v) is 3.96. The topological polar surface area (TPSA) is 64.6 Å². The van der Waals surface area contributed by atoms with Crippen LogP contribution < -0.4 is 14.2 Å². The monoisotopic (exact) mass is 307 g/mol. The molecule has 0 spiro atoms. The molecular weight excluding hydrogens is 290 g/mol. The molecule has 6 heteroatoms. The van der Waals surface area contributed by atoms with E-state index in [9.17, 15) is 8.42 Å². The van der Waals surface area contributed by atoms with Crippen LogP contribution in [0.4, 0.5) is 5.69 Å². The lowest BCUT2D eigenvalue weighted by molar-refractivity contribution is 0.341. The molecule has 2 rings (SSSR count). The molecule has 0 heterocycles. The van der Waals surface area contributed by atoms with Gasteiger partial charge in [-0.15, -0.1) is 0 Å². The van der Waals surface area contributed by atoms with Gasteiger partial charge in [-0.25, -0.2) is 8.42 Å². The van der Waals surface area contributed by atoms with Gasteiger partial charge in [0.1, 0.15) is 23.9 Å². The summed E-state index contributed by atoms with van der Waals surface area (Å²) in [7, 11) is -1.93. The van der Waals surface area contributed by atoms with Gasteiger partial charge in [-0.2, -0.15) is 0 Å². The van der Waals surface area contributed by atoms with Crippen molar-refractivity contribution in [3.8, 4) is 11.5 Å². The highest BCUT2D eigenvalue weighted by Crippen LogP contribution is 2.18. The molecule has 0 aliphatic carbocycles. The van der Waals surface area contributed by atoms with Crippen molar-refractivity contribution in [2.45, 2.75) is 0 Å². The lowest BCUT2D eigenvalue weighted by atomic mass is 10.3. The summed E-state index contributed by atoms with van der Waals surface area (Å²) >= 11 is 0. The maximum atomic E-state index is 12.0. The van der Waals surface area contributed by atoms with E-state index in [1.807, 2.05) is 18.2 Å². The van der Waals surface area contributed by atoms with Gasteiger partial charge >= 0.3 is 0 Å². The molecule has 2 aromatic carbocycles. The zero-order valence-corrected chi connectivity index (χ0v) is 12.5. The van der Waals surface area contributed by atoms with E-state index in [1.165, 1.54) is 7.11 Å². The standard InChI is InChI=1S/C15H17NO4S/c1-19-15-9-5-6-13(12-15)16-21(17,18)11-10-20-14-7-3-2-4-8-14/h2-9,12,16H,10-11H2,1H3. The van der Waals surface area contributed by atoms with Crippen molar-refractivity contribution in [2.24, 2.45) is 0 Å². The van der Waals surface area contributed by atoms with Gasteiger partial charge in [0.2, 0.25) is 10.0 Å². The van der Waals surface area contributed by atoms with Crippen LogP contribution in [-0.4, -0.2) is 27.9 Å². The van der Waals surface area contributed by atoms with Gasteiger partial charge in [-0.3, -0.25) is 4.72 Å². The van der Waals surface area contributed by atoms with Crippen molar-refractivity contribution in [2.75, 3.05) is 24.2 Å². The fraction of sp³-hybridized carbons (Fsp3) is 0.200. The van der Waals surface area contributed by atoms with Gasteiger partial charge in [0, 0.05) is 6.07 Å². The van der Waals surface area contributed by atoms with Crippen LogP contribution in [0.5, 0.6) is 11.5 Å². The Morgan fingerprint density at radius 3 is 2.43 bits per heavy atom. The van der Waals surface area contributed by atoms with E-state index in [4.69, 9.17) is 9.47 Å². The minimum absolute atomic E-state index is 0.0866. The van der Waals surface area contributed by atoms with E-state index in [0.29, 0.717) is 17.2 Å². The van der Waals surface area contributed by atoms with Crippen LogP contribution in [0, 0.1) is 0 Å². The first-order valence-corrected chi connectivity index (χ1v) is 8.07. The van der Waals surface area contributed by atoms with E-state index >= 15 is 0 Å². The zero-order chi connectivity index (χ0) is 15.1. The lowest BCUT2D eigenvalue weighted by Gasteiger charge is -2.10. The van der Waals surface area contributed by atoms with Crippen LogP contribution in [0.15, 0.2) is 54.6 Å². The summed E-state index contributed by atoms with van der Waals surface area (Å²) in [6.07, 6.45) is 0. The SMILES string of the molecule is COc1cccc(NS(=O)(=O)CCOc2ccccc2)c1. The summed E-state index contributed by atoms with van der Waals surface area (Å²) in [4.78, 5) is 0. The number of ether oxygens (including phenoxy) is 2. The van der Waals surface area contributed by atoms with E-state index < -0.39 is 10.0 Å². The Labute approximate surface area is 124 Å². The molecular formula is C15H17NO4S. The molecule has 0 unspecified atom stereocenters. The normalized spacial score (nSPS) is 10.9. The third-order valence-electron chi connectivity index (χ3n) is 2.71. The summed E-state index contributed by atoms with van der Waals surface area (Å²) in [5, 5.41) is 0. The number of hydrogen-bond acceptors (Lipinski definition) is 4. The Morgan fingerprint density at radius 2 is 1.71 bits per heavy atom. The van der Waals surface area contributed by atoms with E-state index in [-0.39, 0.29) is 12.4 Å². The van der Waals surface area contributed by atoms with E-state index in [0.717, 1.165) is 0 Å². The van der Waals surface area contributed by atoms with Gasteiger partial charge in [-0.1, -0.05) is 24.3 Å². The van der Waals surface area contributed by atoms with Gasteiger partial charge in [0.15, 0.2) is 0 Å². The molecule has 21 heavy (non-hydrogen) atoms. The molecule has 0 saturated heterocycles. The minimum atomic E-state index is -3.46. The summed E-state index contributed by atoms with van der Waals surface area (Å²) in [6, 6.07) is 15.8. The molecule has 5 nitrogen and oxygen atoms in total. The predicted molar refractivity (Wildman–Crippen MR) is 82.3 cm³/mol. The summed E-state index contributed by atoms with van der Waals surface area (Å²) in [6.45, 7) is 0.0866. The highest BCUT2D eigenvalue weighted by molar-refractivity contribution is 7.92. The van der Waals surface area contributed by atoms with Crippen LogP contribution in [0.2, 0.25) is 0 Å². The van der Waals surface area contributed by atoms with Crippen LogP contribution >= 0.6 is 0 Å². The van der Waals surface area contributed by atoms with Crippen molar-refractivity contribution in [3.63, 3.8) is 0 Å². The fourth-order valence-electron chi connectivity index (χ4n) is 1.70. The molecule has 0 amide bonds. The molecule has 0 aliphatic rings. The first kappa shape index (κ1) is 15.2. The summed E-state index contributed by atoms with van der Waals surface area (Å²) < 4.78 is 36.8. The Balaban J connectivity index is 1.89.